The zero-order valence-electron chi connectivity index (χ0n) is 15.1. The second kappa shape index (κ2) is 8.09. The number of carbonyl (C=O) groups excluding carboxylic acids is 3. The van der Waals surface area contributed by atoms with Gasteiger partial charge in [-0.2, -0.15) is 0 Å². The Labute approximate surface area is 148 Å². The van der Waals surface area contributed by atoms with Crippen molar-refractivity contribution in [1.82, 2.24) is 20.1 Å². The van der Waals surface area contributed by atoms with E-state index in [0.29, 0.717) is 31.7 Å². The maximum Gasteiger partial charge on any atom is 0.254 e. The minimum atomic E-state index is -0.521. The molecule has 1 aromatic heterocycles. The van der Waals surface area contributed by atoms with Gasteiger partial charge in [-0.3, -0.25) is 19.4 Å². The molecule has 0 aliphatic carbocycles. The van der Waals surface area contributed by atoms with Crippen molar-refractivity contribution in [2.24, 2.45) is 5.41 Å². The molecule has 2 heterocycles. The van der Waals surface area contributed by atoms with Crippen LogP contribution in [-0.2, 0) is 9.59 Å². The monoisotopic (exact) mass is 346 g/mol. The minimum absolute atomic E-state index is 0.00555. The summed E-state index contributed by atoms with van der Waals surface area (Å²) in [5, 5.41) is 2.68. The van der Waals surface area contributed by atoms with Gasteiger partial charge in [0.25, 0.3) is 5.91 Å². The topological polar surface area (TPSA) is 82.6 Å². The van der Waals surface area contributed by atoms with E-state index < -0.39 is 5.41 Å². The highest BCUT2D eigenvalue weighted by Crippen LogP contribution is 2.12. The normalized spacial score (nSPS) is 15.5. The summed E-state index contributed by atoms with van der Waals surface area (Å²) in [6, 6.07) is 3.39. The molecule has 0 saturated carbocycles. The van der Waals surface area contributed by atoms with E-state index in [-0.39, 0.29) is 24.3 Å². The molecular formula is C18H26N4O3. The summed E-state index contributed by atoms with van der Waals surface area (Å²) < 4.78 is 0. The summed E-state index contributed by atoms with van der Waals surface area (Å²) >= 11 is 0. The summed E-state index contributed by atoms with van der Waals surface area (Å²) in [5.74, 6) is -0.307. The molecule has 1 saturated heterocycles. The quantitative estimate of drug-likeness (QED) is 0.882. The van der Waals surface area contributed by atoms with Gasteiger partial charge in [0, 0.05) is 49.6 Å². The van der Waals surface area contributed by atoms with Gasteiger partial charge in [0.2, 0.25) is 11.8 Å². The van der Waals surface area contributed by atoms with Crippen molar-refractivity contribution in [2.45, 2.75) is 27.2 Å². The van der Waals surface area contributed by atoms with Gasteiger partial charge in [-0.15, -0.1) is 0 Å². The number of aromatic nitrogens is 1. The molecule has 0 bridgehead atoms. The zero-order chi connectivity index (χ0) is 18.4. The van der Waals surface area contributed by atoms with Crippen LogP contribution in [0, 0.1) is 5.41 Å². The van der Waals surface area contributed by atoms with Crippen LogP contribution in [0.5, 0.6) is 0 Å². The van der Waals surface area contributed by atoms with E-state index >= 15 is 0 Å². The lowest BCUT2D eigenvalue weighted by Crippen LogP contribution is -2.44. The molecule has 1 fully saturated rings. The molecule has 25 heavy (non-hydrogen) atoms. The maximum absolute atomic E-state index is 12.5. The van der Waals surface area contributed by atoms with Gasteiger partial charge >= 0.3 is 0 Å². The molecule has 3 amide bonds. The average molecular weight is 346 g/mol. The van der Waals surface area contributed by atoms with Crippen molar-refractivity contribution >= 4 is 17.7 Å². The van der Waals surface area contributed by atoms with Crippen molar-refractivity contribution in [3.63, 3.8) is 0 Å². The number of nitrogens with one attached hydrogen (secondary N) is 1. The Morgan fingerprint density at radius 3 is 2.28 bits per heavy atom. The Bertz CT molecular complexity index is 625. The van der Waals surface area contributed by atoms with Gasteiger partial charge in [0.15, 0.2) is 0 Å². The van der Waals surface area contributed by atoms with E-state index in [1.807, 2.05) is 0 Å². The maximum atomic E-state index is 12.5. The number of pyridine rings is 1. The van der Waals surface area contributed by atoms with Crippen molar-refractivity contribution in [2.75, 3.05) is 32.7 Å². The summed E-state index contributed by atoms with van der Waals surface area (Å²) in [6.07, 6.45) is 3.91. The Kier molecular flexibility index (Phi) is 6.12. The smallest absolute Gasteiger partial charge is 0.254 e. The number of carbonyl (C=O) groups is 3. The largest absolute Gasteiger partial charge is 0.347 e. The Morgan fingerprint density at radius 2 is 1.64 bits per heavy atom. The SMILES string of the molecule is CC(C)(C)C(=O)NCC(=O)N1CCCN(C(=O)c2ccncc2)CC1. The first-order valence-electron chi connectivity index (χ1n) is 8.54. The molecule has 0 unspecified atom stereocenters. The number of hydrogen-bond donors (Lipinski definition) is 1. The Hall–Kier alpha value is -2.44. The third-order valence-electron chi connectivity index (χ3n) is 4.14. The van der Waals surface area contributed by atoms with Crippen LogP contribution in [0.25, 0.3) is 0 Å². The van der Waals surface area contributed by atoms with Crippen LogP contribution < -0.4 is 5.32 Å². The van der Waals surface area contributed by atoms with Crippen LogP contribution in [0.4, 0.5) is 0 Å². The van der Waals surface area contributed by atoms with Crippen molar-refractivity contribution in [3.8, 4) is 0 Å². The highest BCUT2D eigenvalue weighted by molar-refractivity contribution is 5.94. The first-order chi connectivity index (χ1) is 11.8. The predicted octanol–water partition coefficient (Wildman–Crippen LogP) is 0.918. The number of hydrogen-bond acceptors (Lipinski definition) is 4. The molecule has 0 atom stereocenters. The van der Waals surface area contributed by atoms with Crippen LogP contribution in [0.3, 0.4) is 0 Å². The third-order valence-corrected chi connectivity index (χ3v) is 4.14. The van der Waals surface area contributed by atoms with E-state index in [9.17, 15) is 14.4 Å². The third kappa shape index (κ3) is 5.27. The van der Waals surface area contributed by atoms with E-state index in [0.717, 1.165) is 6.42 Å². The molecule has 0 spiro atoms. The molecule has 7 nitrogen and oxygen atoms in total. The molecular weight excluding hydrogens is 320 g/mol. The number of rotatable bonds is 3. The molecule has 1 aliphatic rings. The van der Waals surface area contributed by atoms with E-state index in [1.54, 1.807) is 55.1 Å². The van der Waals surface area contributed by atoms with E-state index in [2.05, 4.69) is 10.3 Å². The fourth-order valence-electron chi connectivity index (χ4n) is 2.58. The van der Waals surface area contributed by atoms with E-state index in [4.69, 9.17) is 0 Å². The standard InChI is InChI=1S/C18H26N4O3/c1-18(2,3)17(25)20-13-15(23)21-9-4-10-22(12-11-21)16(24)14-5-7-19-8-6-14/h5-8H,4,9-13H2,1-3H3,(H,20,25). The van der Waals surface area contributed by atoms with E-state index in [1.165, 1.54) is 0 Å². The van der Waals surface area contributed by atoms with Crippen LogP contribution >= 0.6 is 0 Å². The van der Waals surface area contributed by atoms with Crippen LogP contribution in [0.1, 0.15) is 37.6 Å². The Morgan fingerprint density at radius 1 is 1.04 bits per heavy atom. The molecule has 2 rings (SSSR count). The molecule has 1 N–H and O–H groups in total. The molecule has 7 heteroatoms. The lowest BCUT2D eigenvalue weighted by molar-refractivity contribution is -0.135. The first-order valence-corrected chi connectivity index (χ1v) is 8.54. The van der Waals surface area contributed by atoms with Gasteiger partial charge in [-0.05, 0) is 18.6 Å². The second-order valence-electron chi connectivity index (χ2n) is 7.20. The summed E-state index contributed by atoms with van der Waals surface area (Å²) in [7, 11) is 0. The zero-order valence-corrected chi connectivity index (χ0v) is 15.1. The van der Waals surface area contributed by atoms with Crippen molar-refractivity contribution < 1.29 is 14.4 Å². The fraction of sp³-hybridized carbons (Fsp3) is 0.556. The van der Waals surface area contributed by atoms with Gasteiger partial charge in [0.05, 0.1) is 6.54 Å². The Balaban J connectivity index is 1.87. The van der Waals surface area contributed by atoms with Gasteiger partial charge in [-0.25, -0.2) is 0 Å². The minimum Gasteiger partial charge on any atom is -0.347 e. The lowest BCUT2D eigenvalue weighted by Gasteiger charge is -2.23. The highest BCUT2D eigenvalue weighted by Gasteiger charge is 2.25. The first kappa shape index (κ1) is 18.9. The van der Waals surface area contributed by atoms with Crippen molar-refractivity contribution in [3.05, 3.63) is 30.1 Å². The number of amides is 3. The fourth-order valence-corrected chi connectivity index (χ4v) is 2.58. The average Bonchev–Trinajstić information content (AvgIpc) is 2.84. The van der Waals surface area contributed by atoms with Crippen LogP contribution in [0.2, 0.25) is 0 Å². The van der Waals surface area contributed by atoms with Gasteiger partial charge in [0.1, 0.15) is 0 Å². The highest BCUT2D eigenvalue weighted by atomic mass is 16.2. The summed E-state index contributed by atoms with van der Waals surface area (Å²) in [5.41, 5.74) is 0.0829. The predicted molar refractivity (Wildman–Crippen MR) is 93.8 cm³/mol. The molecule has 1 aliphatic heterocycles. The summed E-state index contributed by atoms with van der Waals surface area (Å²) in [6.45, 7) is 7.57. The van der Waals surface area contributed by atoms with Crippen LogP contribution in [-0.4, -0.2) is 65.2 Å². The van der Waals surface area contributed by atoms with Crippen molar-refractivity contribution in [1.29, 1.82) is 0 Å². The lowest BCUT2D eigenvalue weighted by atomic mass is 9.96. The molecule has 1 aromatic rings. The molecule has 136 valence electrons. The second-order valence-corrected chi connectivity index (χ2v) is 7.20. The van der Waals surface area contributed by atoms with Crippen LogP contribution in [0.15, 0.2) is 24.5 Å². The molecule has 0 radical (unpaired) electrons. The van der Waals surface area contributed by atoms with Gasteiger partial charge in [-0.1, -0.05) is 20.8 Å². The summed E-state index contributed by atoms with van der Waals surface area (Å²) in [4.78, 5) is 44.1. The number of nitrogens with zero attached hydrogens (tertiary/aromatic N) is 3. The van der Waals surface area contributed by atoms with Gasteiger partial charge < -0.3 is 15.1 Å². The molecule has 0 aromatic carbocycles.